The van der Waals surface area contributed by atoms with E-state index in [2.05, 4.69) is 4.98 Å². The first-order chi connectivity index (χ1) is 6.70. The van der Waals surface area contributed by atoms with E-state index in [9.17, 15) is 5.11 Å². The third-order valence-electron chi connectivity index (χ3n) is 2.72. The lowest BCUT2D eigenvalue weighted by molar-refractivity contribution is 0.152. The van der Waals surface area contributed by atoms with Gasteiger partial charge in [0.15, 0.2) is 0 Å². The molecule has 1 heterocycles. The minimum absolute atomic E-state index is 0.239. The number of aliphatic hydroxyl groups excluding tert-OH is 1. The van der Waals surface area contributed by atoms with Crippen LogP contribution in [0.5, 0.6) is 0 Å². The van der Waals surface area contributed by atoms with Crippen molar-refractivity contribution in [1.82, 2.24) is 4.98 Å². The summed E-state index contributed by atoms with van der Waals surface area (Å²) in [5.41, 5.74) is 7.81. The van der Waals surface area contributed by atoms with Crippen molar-refractivity contribution >= 4 is 0 Å². The Morgan fingerprint density at radius 1 is 1.57 bits per heavy atom. The Kier molecular flexibility index (Phi) is 2.52. The van der Waals surface area contributed by atoms with Crippen LogP contribution in [-0.2, 0) is 0 Å². The summed E-state index contributed by atoms with van der Waals surface area (Å²) in [6, 6.07) is 1.76. The van der Waals surface area contributed by atoms with E-state index in [0.717, 1.165) is 5.56 Å². The quantitative estimate of drug-likeness (QED) is 0.759. The molecule has 0 amide bonds. The number of nitrogens with two attached hydrogens (primary N) is 1. The molecule has 3 nitrogen and oxygen atoms in total. The fourth-order valence-corrected chi connectivity index (χ4v) is 1.71. The van der Waals surface area contributed by atoms with Crippen molar-refractivity contribution in [1.29, 1.82) is 0 Å². The monoisotopic (exact) mass is 192 g/mol. The molecule has 2 rings (SSSR count). The van der Waals surface area contributed by atoms with Gasteiger partial charge in [-0.25, -0.2) is 0 Å². The van der Waals surface area contributed by atoms with Gasteiger partial charge in [-0.1, -0.05) is 0 Å². The number of nitrogens with zero attached hydrogens (tertiary/aromatic N) is 1. The number of hydrogen-bond donors (Lipinski definition) is 2. The number of pyridine rings is 1. The van der Waals surface area contributed by atoms with E-state index in [-0.39, 0.29) is 6.04 Å². The van der Waals surface area contributed by atoms with Gasteiger partial charge in [0.25, 0.3) is 0 Å². The van der Waals surface area contributed by atoms with Crippen LogP contribution in [0.1, 0.15) is 42.9 Å². The molecule has 3 heteroatoms. The normalized spacial score (nSPS) is 20.5. The van der Waals surface area contributed by atoms with E-state index in [1.807, 2.05) is 13.0 Å². The van der Waals surface area contributed by atoms with Crippen molar-refractivity contribution in [2.45, 2.75) is 37.8 Å². The lowest BCUT2D eigenvalue weighted by atomic mass is 9.98. The minimum atomic E-state index is -0.584. The van der Waals surface area contributed by atoms with Crippen LogP contribution < -0.4 is 5.73 Å². The summed E-state index contributed by atoms with van der Waals surface area (Å²) in [4.78, 5) is 4.04. The Balaban J connectivity index is 2.30. The summed E-state index contributed by atoms with van der Waals surface area (Å²) >= 11 is 0. The fraction of sp³-hybridized carbons (Fsp3) is 0.545. The smallest absolute Gasteiger partial charge is 0.0955 e. The molecule has 1 saturated carbocycles. The molecule has 0 aromatic carbocycles. The second-order valence-electron chi connectivity index (χ2n) is 4.08. The van der Waals surface area contributed by atoms with Gasteiger partial charge in [0.05, 0.1) is 6.10 Å². The van der Waals surface area contributed by atoms with Gasteiger partial charge in [-0.15, -0.1) is 0 Å². The average Bonchev–Trinajstić information content (AvgIpc) is 3.00. The molecular formula is C11H16N2O. The van der Waals surface area contributed by atoms with Crippen LogP contribution in [0.3, 0.4) is 0 Å². The second kappa shape index (κ2) is 3.67. The number of rotatable bonds is 3. The highest BCUT2D eigenvalue weighted by Gasteiger charge is 2.28. The highest BCUT2D eigenvalue weighted by Crippen LogP contribution is 2.42. The maximum atomic E-state index is 9.89. The first-order valence-corrected chi connectivity index (χ1v) is 5.07. The van der Waals surface area contributed by atoms with Crippen LogP contribution in [0, 0.1) is 0 Å². The molecular weight excluding hydrogens is 176 g/mol. The molecule has 0 spiro atoms. The van der Waals surface area contributed by atoms with Gasteiger partial charge in [0.1, 0.15) is 0 Å². The van der Waals surface area contributed by atoms with Gasteiger partial charge >= 0.3 is 0 Å². The van der Waals surface area contributed by atoms with Gasteiger partial charge in [-0.05, 0) is 37.3 Å². The summed E-state index contributed by atoms with van der Waals surface area (Å²) in [5.74, 6) is 0.626. The first-order valence-electron chi connectivity index (χ1n) is 5.07. The summed E-state index contributed by atoms with van der Waals surface area (Å²) in [6.07, 6.45) is 5.39. The Labute approximate surface area is 84.0 Å². The molecule has 0 radical (unpaired) electrons. The molecule has 1 fully saturated rings. The van der Waals surface area contributed by atoms with E-state index in [4.69, 9.17) is 5.73 Å². The number of hydrogen-bond acceptors (Lipinski definition) is 3. The molecule has 2 unspecified atom stereocenters. The fourth-order valence-electron chi connectivity index (χ4n) is 1.71. The molecule has 76 valence electrons. The van der Waals surface area contributed by atoms with Crippen LogP contribution in [-0.4, -0.2) is 16.1 Å². The van der Waals surface area contributed by atoms with E-state index in [0.29, 0.717) is 5.92 Å². The molecule has 1 aliphatic carbocycles. The molecule has 2 atom stereocenters. The molecule has 0 aliphatic heterocycles. The zero-order valence-electron chi connectivity index (χ0n) is 8.35. The summed E-state index contributed by atoms with van der Waals surface area (Å²) in [5, 5.41) is 9.89. The van der Waals surface area contributed by atoms with Gasteiger partial charge < -0.3 is 10.8 Å². The van der Waals surface area contributed by atoms with Crippen LogP contribution in [0.4, 0.5) is 0 Å². The van der Waals surface area contributed by atoms with Gasteiger partial charge in [0.2, 0.25) is 0 Å². The van der Waals surface area contributed by atoms with Crippen LogP contribution >= 0.6 is 0 Å². The van der Waals surface area contributed by atoms with Crippen molar-refractivity contribution in [3.63, 3.8) is 0 Å². The predicted molar refractivity (Wildman–Crippen MR) is 54.8 cm³/mol. The maximum absolute atomic E-state index is 9.89. The van der Waals surface area contributed by atoms with Crippen LogP contribution in [0.2, 0.25) is 0 Å². The Morgan fingerprint density at radius 3 is 2.86 bits per heavy atom. The molecule has 0 saturated heterocycles. The summed E-state index contributed by atoms with van der Waals surface area (Å²) in [7, 11) is 0. The highest BCUT2D eigenvalue weighted by atomic mass is 16.3. The number of aliphatic hydroxyl groups is 1. The van der Waals surface area contributed by atoms with Gasteiger partial charge in [-0.3, -0.25) is 4.98 Å². The number of aromatic nitrogens is 1. The van der Waals surface area contributed by atoms with Crippen molar-refractivity contribution in [2.75, 3.05) is 0 Å². The third kappa shape index (κ3) is 1.79. The van der Waals surface area contributed by atoms with E-state index < -0.39 is 6.10 Å². The van der Waals surface area contributed by atoms with E-state index in [1.54, 1.807) is 12.4 Å². The lowest BCUT2D eigenvalue weighted by Gasteiger charge is -2.17. The molecule has 1 aromatic heterocycles. The van der Waals surface area contributed by atoms with E-state index >= 15 is 0 Å². The molecule has 1 aliphatic rings. The molecule has 3 N–H and O–H groups in total. The zero-order valence-corrected chi connectivity index (χ0v) is 8.35. The summed E-state index contributed by atoms with van der Waals surface area (Å²) < 4.78 is 0. The largest absolute Gasteiger partial charge is 0.387 e. The summed E-state index contributed by atoms with van der Waals surface area (Å²) in [6.45, 7) is 1.81. The predicted octanol–water partition coefficient (Wildman–Crippen LogP) is 1.34. The Morgan fingerprint density at radius 2 is 2.29 bits per heavy atom. The van der Waals surface area contributed by atoms with E-state index in [1.165, 1.54) is 18.4 Å². The lowest BCUT2D eigenvalue weighted by Crippen LogP contribution is -2.25. The third-order valence-corrected chi connectivity index (χ3v) is 2.72. The van der Waals surface area contributed by atoms with Gasteiger partial charge in [0, 0.05) is 24.0 Å². The minimum Gasteiger partial charge on any atom is -0.387 e. The SMILES string of the molecule is CC(N)C(O)c1cnccc1C1CC1. The topological polar surface area (TPSA) is 59.1 Å². The highest BCUT2D eigenvalue weighted by molar-refractivity contribution is 5.32. The van der Waals surface area contributed by atoms with Gasteiger partial charge in [-0.2, -0.15) is 0 Å². The first kappa shape index (κ1) is 9.62. The zero-order chi connectivity index (χ0) is 10.1. The average molecular weight is 192 g/mol. The maximum Gasteiger partial charge on any atom is 0.0955 e. The standard InChI is InChI=1S/C11H16N2O/c1-7(12)11(14)10-6-13-5-4-9(10)8-2-3-8/h4-8,11,14H,2-3,12H2,1H3. The van der Waals surface area contributed by atoms with Crippen molar-refractivity contribution in [3.8, 4) is 0 Å². The molecule has 0 bridgehead atoms. The molecule has 1 aromatic rings. The van der Waals surface area contributed by atoms with Crippen LogP contribution in [0.25, 0.3) is 0 Å². The van der Waals surface area contributed by atoms with Crippen molar-refractivity contribution in [2.24, 2.45) is 5.73 Å². The van der Waals surface area contributed by atoms with Crippen LogP contribution in [0.15, 0.2) is 18.5 Å². The second-order valence-corrected chi connectivity index (χ2v) is 4.08. The van der Waals surface area contributed by atoms with Crippen molar-refractivity contribution in [3.05, 3.63) is 29.6 Å². The van der Waals surface area contributed by atoms with Crippen molar-refractivity contribution < 1.29 is 5.11 Å². The Hall–Kier alpha value is -0.930. The molecule has 14 heavy (non-hydrogen) atoms. The Bertz CT molecular complexity index is 321.